The van der Waals surface area contributed by atoms with Crippen LogP contribution >= 0.6 is 0 Å². The molecule has 2 N–H and O–H groups in total. The molecule has 0 unspecified atom stereocenters. The number of nitrogens with zero attached hydrogens (tertiary/aromatic N) is 1. The highest BCUT2D eigenvalue weighted by atomic mass is 16.5. The van der Waals surface area contributed by atoms with Crippen molar-refractivity contribution in [3.8, 4) is 17.2 Å². The van der Waals surface area contributed by atoms with Crippen molar-refractivity contribution < 1.29 is 28.8 Å². The van der Waals surface area contributed by atoms with Crippen LogP contribution in [0.3, 0.4) is 0 Å². The molecule has 1 aliphatic heterocycles. The van der Waals surface area contributed by atoms with Gasteiger partial charge in [0.15, 0.2) is 11.5 Å². The summed E-state index contributed by atoms with van der Waals surface area (Å²) in [6.45, 7) is 11.5. The molecule has 7 rings (SSSR count). The molecule has 1 aromatic rings. The van der Waals surface area contributed by atoms with Crippen molar-refractivity contribution >= 4 is 5.97 Å². The van der Waals surface area contributed by atoms with Gasteiger partial charge in [0, 0.05) is 23.4 Å². The van der Waals surface area contributed by atoms with E-state index in [9.17, 15) is 9.90 Å². The summed E-state index contributed by atoms with van der Waals surface area (Å²) in [5, 5.41) is 14.2. The molecular weight excluding hydrogens is 556 g/mol. The fourth-order valence-corrected chi connectivity index (χ4v) is 12.7. The fourth-order valence-electron chi connectivity index (χ4n) is 12.7. The summed E-state index contributed by atoms with van der Waals surface area (Å²) in [6, 6.07) is 3.94. The number of phenols is 1. The third-order valence-electron chi connectivity index (χ3n) is 15.1. The lowest BCUT2D eigenvalue weighted by Crippen LogP contribution is -2.63. The number of methoxy groups -OCH3 is 2. The fraction of sp³-hybridized carbons (Fsp3) is 0.806. The summed E-state index contributed by atoms with van der Waals surface area (Å²) in [5.74, 6) is 1.47. The van der Waals surface area contributed by atoms with Crippen molar-refractivity contribution in [3.63, 3.8) is 0 Å². The van der Waals surface area contributed by atoms with Gasteiger partial charge in [0.2, 0.25) is 5.75 Å². The number of benzene rings is 1. The molecule has 5 saturated carbocycles. The van der Waals surface area contributed by atoms with E-state index in [-0.39, 0.29) is 57.5 Å². The van der Waals surface area contributed by atoms with Gasteiger partial charge < -0.3 is 29.0 Å². The summed E-state index contributed by atoms with van der Waals surface area (Å²) >= 11 is 0. The van der Waals surface area contributed by atoms with Gasteiger partial charge in [-0.1, -0.05) is 20.8 Å². The van der Waals surface area contributed by atoms with Crippen molar-refractivity contribution in [3.05, 3.63) is 17.7 Å². The van der Waals surface area contributed by atoms with E-state index in [1.807, 2.05) is 0 Å². The number of carbonyl (C=O) groups excluding carboxylic acids is 1. The molecule has 8 nitrogen and oxygen atoms in total. The number of phenolic OH excluding ortho intramolecular Hbond substituents is 1. The van der Waals surface area contributed by atoms with Crippen LogP contribution in [-0.2, 0) is 9.47 Å². The van der Waals surface area contributed by atoms with Crippen LogP contribution in [0.1, 0.15) is 89.4 Å². The van der Waals surface area contributed by atoms with E-state index in [4.69, 9.17) is 18.9 Å². The summed E-state index contributed by atoms with van der Waals surface area (Å²) in [4.78, 5) is 16.2. The van der Waals surface area contributed by atoms with E-state index >= 15 is 0 Å². The average Bonchev–Trinajstić information content (AvgIpc) is 3.60. The van der Waals surface area contributed by atoms with Gasteiger partial charge in [0.05, 0.1) is 33.1 Å². The normalized spacial score (nSPS) is 46.1. The number of nitrogens with one attached hydrogen (secondary N) is 1. The molecule has 8 heteroatoms. The molecule has 11 atom stereocenters. The first kappa shape index (κ1) is 30.6. The molecule has 244 valence electrons. The molecule has 1 aromatic carbocycles. The molecule has 6 fully saturated rings. The van der Waals surface area contributed by atoms with Crippen LogP contribution in [0.2, 0.25) is 0 Å². The molecule has 0 bridgehead atoms. The van der Waals surface area contributed by atoms with Crippen molar-refractivity contribution in [2.24, 2.45) is 44.8 Å². The first-order valence-corrected chi connectivity index (χ1v) is 17.0. The van der Waals surface area contributed by atoms with Gasteiger partial charge in [0.1, 0.15) is 6.10 Å². The molecule has 0 radical (unpaired) electrons. The van der Waals surface area contributed by atoms with Crippen molar-refractivity contribution in [1.29, 1.82) is 0 Å². The number of aromatic hydroxyl groups is 1. The second-order valence-electron chi connectivity index (χ2n) is 16.4. The predicted molar refractivity (Wildman–Crippen MR) is 168 cm³/mol. The monoisotopic (exact) mass is 610 g/mol. The maximum Gasteiger partial charge on any atom is 0.338 e. The smallest absolute Gasteiger partial charge is 0.338 e. The first-order chi connectivity index (χ1) is 20.8. The van der Waals surface area contributed by atoms with Crippen LogP contribution < -0.4 is 14.8 Å². The summed E-state index contributed by atoms with van der Waals surface area (Å²) in [5.41, 5.74) is 1.51. The van der Waals surface area contributed by atoms with Gasteiger partial charge in [-0.05, 0) is 118 Å². The van der Waals surface area contributed by atoms with Crippen molar-refractivity contribution in [2.75, 3.05) is 41.7 Å². The highest BCUT2D eigenvalue weighted by Crippen LogP contribution is 2.89. The zero-order valence-electron chi connectivity index (χ0n) is 28.1. The van der Waals surface area contributed by atoms with Crippen LogP contribution in [0.5, 0.6) is 17.2 Å². The van der Waals surface area contributed by atoms with E-state index in [2.05, 4.69) is 52.0 Å². The Kier molecular flexibility index (Phi) is 6.95. The number of fused-ring (bicyclic) bond motifs is 4. The number of hydrogen-bond acceptors (Lipinski definition) is 8. The van der Waals surface area contributed by atoms with E-state index < -0.39 is 0 Å². The van der Waals surface area contributed by atoms with Gasteiger partial charge in [0.25, 0.3) is 0 Å². The lowest BCUT2D eigenvalue weighted by Gasteiger charge is -2.64. The van der Waals surface area contributed by atoms with E-state index in [1.165, 1.54) is 59.2 Å². The Labute approximate surface area is 263 Å². The van der Waals surface area contributed by atoms with Gasteiger partial charge in [-0.15, -0.1) is 0 Å². The Morgan fingerprint density at radius 2 is 1.66 bits per heavy atom. The zero-order valence-corrected chi connectivity index (χ0v) is 28.1. The van der Waals surface area contributed by atoms with Crippen LogP contribution in [-0.4, -0.2) is 75.8 Å². The number of rotatable bonds is 6. The molecule has 44 heavy (non-hydrogen) atoms. The van der Waals surface area contributed by atoms with Crippen molar-refractivity contribution in [2.45, 2.75) is 97.2 Å². The molecule has 1 saturated heterocycles. The molecule has 0 amide bonds. The number of esters is 1. The van der Waals surface area contributed by atoms with Crippen molar-refractivity contribution in [1.82, 2.24) is 10.2 Å². The average molecular weight is 611 g/mol. The quantitative estimate of drug-likeness (QED) is 0.388. The Hall–Kier alpha value is -2.03. The topological polar surface area (TPSA) is 89.5 Å². The first-order valence-electron chi connectivity index (χ1n) is 17.0. The number of hydrogen-bond donors (Lipinski definition) is 2. The van der Waals surface area contributed by atoms with Crippen LogP contribution in [0.15, 0.2) is 12.1 Å². The lowest BCUT2D eigenvalue weighted by atomic mass is 9.41. The highest BCUT2D eigenvalue weighted by Gasteiger charge is 2.83. The number of carbonyl (C=O) groups is 1. The van der Waals surface area contributed by atoms with Gasteiger partial charge in [-0.25, -0.2) is 4.79 Å². The van der Waals surface area contributed by atoms with Crippen LogP contribution in [0, 0.1) is 44.8 Å². The van der Waals surface area contributed by atoms with Gasteiger partial charge >= 0.3 is 5.97 Å². The van der Waals surface area contributed by atoms with E-state index in [0.717, 1.165) is 18.9 Å². The Balaban J connectivity index is 1.22. The van der Waals surface area contributed by atoms with Gasteiger partial charge in [-0.2, -0.15) is 0 Å². The third kappa shape index (κ3) is 3.77. The highest BCUT2D eigenvalue weighted by molar-refractivity contribution is 5.91. The number of ether oxygens (including phenoxy) is 4. The predicted octanol–water partition coefficient (Wildman–Crippen LogP) is 5.86. The van der Waals surface area contributed by atoms with Crippen LogP contribution in [0.4, 0.5) is 0 Å². The molecule has 2 spiro atoms. The minimum atomic E-state index is -0.384. The molecular formula is C36H54N2O6. The standard InChI is InChI=1S/C36H54N2O6/c1-21(38(5)6)29-25(44-31(40)22-15-23(41-7)30(39)24(16-22)42-8)17-34(4)27-10-9-26-32(2)19-43-20-37-28(32)11-12-35(26)18-36(27,35)14-13-33(29,34)3/h15-16,21,25-29,37,39H,9-14,17-20H2,1-8H3/t21-,25+,26-,27-,28-,29-,32-,33+,34-,35+,36-/m0/s1. The SMILES string of the molecule is COc1cc(C(=O)O[C@@H]2C[C@@]3(C)[C@@H]4CC[C@H]5[C@]6(C)COCN[C@H]6CC[C@@]56C[C@@]46CC[C@]3(C)[C@H]2[C@H](C)N(C)C)cc(OC)c1O. The zero-order chi connectivity index (χ0) is 31.4. The lowest BCUT2D eigenvalue weighted by molar-refractivity contribution is -0.172. The summed E-state index contributed by atoms with van der Waals surface area (Å²) in [7, 11) is 7.26. The Morgan fingerprint density at radius 1 is 1.00 bits per heavy atom. The maximum atomic E-state index is 13.9. The minimum absolute atomic E-state index is 0.0507. The van der Waals surface area contributed by atoms with Gasteiger partial charge in [-0.3, -0.25) is 5.32 Å². The second kappa shape index (κ2) is 9.98. The Bertz CT molecular complexity index is 1310. The summed E-state index contributed by atoms with van der Waals surface area (Å²) < 4.78 is 23.4. The second-order valence-corrected chi connectivity index (χ2v) is 16.4. The maximum absolute atomic E-state index is 13.9. The van der Waals surface area contributed by atoms with Crippen LogP contribution in [0.25, 0.3) is 0 Å². The third-order valence-corrected chi connectivity index (χ3v) is 15.1. The largest absolute Gasteiger partial charge is 0.502 e. The molecule has 0 aromatic heterocycles. The minimum Gasteiger partial charge on any atom is -0.502 e. The molecule has 5 aliphatic carbocycles. The molecule has 1 heterocycles. The Morgan fingerprint density at radius 3 is 2.32 bits per heavy atom. The summed E-state index contributed by atoms with van der Waals surface area (Å²) in [6.07, 6.45) is 9.68. The van der Waals surface area contributed by atoms with E-state index in [1.54, 1.807) is 12.1 Å². The molecule has 6 aliphatic rings. The van der Waals surface area contributed by atoms with E-state index in [0.29, 0.717) is 35.1 Å².